The van der Waals surface area contributed by atoms with Crippen LogP contribution in [0.2, 0.25) is 0 Å². The minimum absolute atomic E-state index is 0.261. The van der Waals surface area contributed by atoms with Gasteiger partial charge in [-0.1, -0.05) is 6.92 Å². The minimum atomic E-state index is 0.261. The Morgan fingerprint density at radius 2 is 2.18 bits per heavy atom. The van der Waals surface area contributed by atoms with Gasteiger partial charge in [0.25, 0.3) is 0 Å². The van der Waals surface area contributed by atoms with E-state index >= 15 is 0 Å². The molecule has 0 saturated carbocycles. The molecule has 0 aliphatic rings. The van der Waals surface area contributed by atoms with Gasteiger partial charge < -0.3 is 14.7 Å². The fourth-order valence-corrected chi connectivity index (χ4v) is 0.928. The summed E-state index contributed by atoms with van der Waals surface area (Å²) in [5.41, 5.74) is 0. The number of ether oxygens (including phenoxy) is 1. The molecule has 0 fully saturated rings. The highest BCUT2D eigenvalue weighted by Crippen LogP contribution is 1.95. The molecule has 1 atom stereocenters. The van der Waals surface area contributed by atoms with Crippen molar-refractivity contribution in [3.63, 3.8) is 0 Å². The molecule has 3 nitrogen and oxygen atoms in total. The molecule has 0 heterocycles. The molecule has 0 aromatic heterocycles. The third-order valence-corrected chi connectivity index (χ3v) is 1.61. The number of hydrogen-bond donors (Lipinski definition) is 1. The zero-order valence-electron chi connectivity index (χ0n) is 7.71. The van der Waals surface area contributed by atoms with Gasteiger partial charge in [-0.2, -0.15) is 0 Å². The SMILES string of the molecule is COCCN(C)CC(C)CO. The maximum atomic E-state index is 8.75. The van der Waals surface area contributed by atoms with Crippen LogP contribution in [0.25, 0.3) is 0 Å². The van der Waals surface area contributed by atoms with Crippen LogP contribution < -0.4 is 0 Å². The van der Waals surface area contributed by atoms with E-state index in [2.05, 4.69) is 4.90 Å². The molecule has 0 aliphatic heterocycles. The number of rotatable bonds is 6. The van der Waals surface area contributed by atoms with Gasteiger partial charge >= 0.3 is 0 Å². The molecule has 0 aromatic carbocycles. The number of hydrogen-bond acceptors (Lipinski definition) is 3. The average molecular weight is 161 g/mol. The Labute approximate surface area is 69.0 Å². The van der Waals surface area contributed by atoms with Gasteiger partial charge in [-0.3, -0.25) is 0 Å². The maximum Gasteiger partial charge on any atom is 0.0589 e. The molecule has 0 bridgehead atoms. The Morgan fingerprint density at radius 3 is 2.64 bits per heavy atom. The lowest BCUT2D eigenvalue weighted by Gasteiger charge is -2.19. The predicted molar refractivity (Wildman–Crippen MR) is 45.6 cm³/mol. The molecule has 68 valence electrons. The molecule has 1 unspecified atom stereocenters. The van der Waals surface area contributed by atoms with Crippen molar-refractivity contribution in [1.29, 1.82) is 0 Å². The zero-order valence-corrected chi connectivity index (χ0v) is 7.71. The summed E-state index contributed by atoms with van der Waals surface area (Å²) in [7, 11) is 3.73. The lowest BCUT2D eigenvalue weighted by atomic mass is 10.2. The summed E-state index contributed by atoms with van der Waals surface area (Å²) >= 11 is 0. The van der Waals surface area contributed by atoms with Crippen molar-refractivity contribution in [1.82, 2.24) is 4.90 Å². The highest BCUT2D eigenvalue weighted by molar-refractivity contribution is 4.56. The van der Waals surface area contributed by atoms with Crippen LogP contribution in [0.5, 0.6) is 0 Å². The van der Waals surface area contributed by atoms with Gasteiger partial charge in [0.15, 0.2) is 0 Å². The van der Waals surface area contributed by atoms with Crippen molar-refractivity contribution < 1.29 is 9.84 Å². The smallest absolute Gasteiger partial charge is 0.0589 e. The van der Waals surface area contributed by atoms with Gasteiger partial charge in [-0.15, -0.1) is 0 Å². The first-order chi connectivity index (χ1) is 5.20. The molecule has 0 aromatic rings. The molecule has 0 radical (unpaired) electrons. The molecule has 0 rings (SSSR count). The number of methoxy groups -OCH3 is 1. The maximum absolute atomic E-state index is 8.75. The number of likely N-dealkylation sites (N-methyl/N-ethyl adjacent to an activating group) is 1. The van der Waals surface area contributed by atoms with Crippen LogP contribution >= 0.6 is 0 Å². The van der Waals surface area contributed by atoms with Crippen molar-refractivity contribution in [2.75, 3.05) is 40.5 Å². The van der Waals surface area contributed by atoms with Crippen LogP contribution in [0.15, 0.2) is 0 Å². The van der Waals surface area contributed by atoms with Crippen LogP contribution in [0.4, 0.5) is 0 Å². The summed E-state index contributed by atoms with van der Waals surface area (Å²) in [6.45, 7) is 4.91. The Balaban J connectivity index is 3.27. The number of nitrogens with zero attached hydrogens (tertiary/aromatic N) is 1. The predicted octanol–water partition coefficient (Wildman–Crippen LogP) is 0.193. The van der Waals surface area contributed by atoms with Crippen molar-refractivity contribution in [2.45, 2.75) is 6.92 Å². The first-order valence-electron chi connectivity index (χ1n) is 3.99. The van der Waals surface area contributed by atoms with Gasteiger partial charge in [-0.25, -0.2) is 0 Å². The van der Waals surface area contributed by atoms with Crippen LogP contribution in [0.3, 0.4) is 0 Å². The summed E-state index contributed by atoms with van der Waals surface area (Å²) in [6.07, 6.45) is 0. The Bertz CT molecular complexity index is 88.2. The van der Waals surface area contributed by atoms with Crippen LogP contribution in [-0.4, -0.2) is 50.5 Å². The second kappa shape index (κ2) is 6.58. The molecule has 1 N–H and O–H groups in total. The van der Waals surface area contributed by atoms with Crippen molar-refractivity contribution in [3.8, 4) is 0 Å². The van der Waals surface area contributed by atoms with Gasteiger partial charge in [-0.05, 0) is 13.0 Å². The lowest BCUT2D eigenvalue weighted by molar-refractivity contribution is 0.139. The first kappa shape index (κ1) is 10.9. The summed E-state index contributed by atoms with van der Waals surface area (Å²) in [4.78, 5) is 2.16. The molecular formula is C8H19NO2. The molecular weight excluding hydrogens is 142 g/mol. The van der Waals surface area contributed by atoms with Crippen LogP contribution in [-0.2, 0) is 4.74 Å². The fourth-order valence-electron chi connectivity index (χ4n) is 0.928. The van der Waals surface area contributed by atoms with Gasteiger partial charge in [0.1, 0.15) is 0 Å². The van der Waals surface area contributed by atoms with E-state index < -0.39 is 0 Å². The van der Waals surface area contributed by atoms with Crippen LogP contribution in [0.1, 0.15) is 6.92 Å². The van der Waals surface area contributed by atoms with Crippen molar-refractivity contribution >= 4 is 0 Å². The normalized spacial score (nSPS) is 13.9. The zero-order chi connectivity index (χ0) is 8.69. The fraction of sp³-hybridized carbons (Fsp3) is 1.00. The first-order valence-corrected chi connectivity index (χ1v) is 3.99. The summed E-state index contributed by atoms with van der Waals surface area (Å²) in [5, 5.41) is 8.75. The van der Waals surface area contributed by atoms with Gasteiger partial charge in [0, 0.05) is 26.8 Å². The highest BCUT2D eigenvalue weighted by atomic mass is 16.5. The molecule has 0 saturated heterocycles. The largest absolute Gasteiger partial charge is 0.396 e. The Hall–Kier alpha value is -0.120. The molecule has 3 heteroatoms. The standard InChI is InChI=1S/C8H19NO2/c1-8(7-10)6-9(2)4-5-11-3/h8,10H,4-7H2,1-3H3. The van der Waals surface area contributed by atoms with E-state index in [1.54, 1.807) is 7.11 Å². The van der Waals surface area contributed by atoms with E-state index in [1.165, 1.54) is 0 Å². The quantitative estimate of drug-likeness (QED) is 0.604. The van der Waals surface area contributed by atoms with E-state index in [-0.39, 0.29) is 6.61 Å². The highest BCUT2D eigenvalue weighted by Gasteiger charge is 2.03. The summed E-state index contributed by atoms with van der Waals surface area (Å²) < 4.78 is 4.92. The molecule has 0 spiro atoms. The van der Waals surface area contributed by atoms with E-state index in [1.807, 2.05) is 14.0 Å². The van der Waals surface area contributed by atoms with Crippen LogP contribution in [0, 0.1) is 5.92 Å². The second-order valence-corrected chi connectivity index (χ2v) is 3.04. The van der Waals surface area contributed by atoms with E-state index in [4.69, 9.17) is 9.84 Å². The van der Waals surface area contributed by atoms with E-state index in [0.29, 0.717) is 5.92 Å². The minimum Gasteiger partial charge on any atom is -0.396 e. The van der Waals surface area contributed by atoms with Gasteiger partial charge in [0.05, 0.1) is 6.61 Å². The van der Waals surface area contributed by atoms with Crippen molar-refractivity contribution in [3.05, 3.63) is 0 Å². The van der Waals surface area contributed by atoms with Crippen molar-refractivity contribution in [2.24, 2.45) is 5.92 Å². The topological polar surface area (TPSA) is 32.7 Å². The van der Waals surface area contributed by atoms with Gasteiger partial charge in [0.2, 0.25) is 0 Å². The van der Waals surface area contributed by atoms with E-state index in [0.717, 1.165) is 19.7 Å². The Morgan fingerprint density at radius 1 is 1.55 bits per heavy atom. The number of aliphatic hydroxyl groups is 1. The third-order valence-electron chi connectivity index (χ3n) is 1.61. The second-order valence-electron chi connectivity index (χ2n) is 3.04. The lowest BCUT2D eigenvalue weighted by Crippen LogP contribution is -2.28. The average Bonchev–Trinajstić information content (AvgIpc) is 2.00. The summed E-state index contributed by atoms with van der Waals surface area (Å²) in [6, 6.07) is 0. The summed E-state index contributed by atoms with van der Waals surface area (Å²) in [5.74, 6) is 0.358. The monoisotopic (exact) mass is 161 g/mol. The molecule has 0 amide bonds. The third kappa shape index (κ3) is 6.28. The molecule has 11 heavy (non-hydrogen) atoms. The Kier molecular flexibility index (Phi) is 6.51. The number of aliphatic hydroxyl groups excluding tert-OH is 1. The molecule has 0 aliphatic carbocycles. The van der Waals surface area contributed by atoms with E-state index in [9.17, 15) is 0 Å².